The maximum absolute atomic E-state index is 3.65. The molecule has 1 N–H and O–H groups in total. The molecule has 0 aromatic heterocycles. The zero-order valence-corrected chi connectivity index (χ0v) is 10.3. The van der Waals surface area contributed by atoms with E-state index in [9.17, 15) is 0 Å². The maximum Gasteiger partial charge on any atom is 0.0325 e. The van der Waals surface area contributed by atoms with Crippen molar-refractivity contribution >= 4 is 15.9 Å². The topological polar surface area (TPSA) is 12.0 Å². The van der Waals surface area contributed by atoms with Crippen molar-refractivity contribution in [1.82, 2.24) is 5.32 Å². The molecule has 1 nitrogen and oxygen atoms in total. The van der Waals surface area contributed by atoms with Crippen LogP contribution in [0, 0.1) is 0 Å². The lowest BCUT2D eigenvalue weighted by atomic mass is 10.0. The maximum atomic E-state index is 3.65. The van der Waals surface area contributed by atoms with Gasteiger partial charge in [-0.25, -0.2) is 0 Å². The predicted molar refractivity (Wildman–Crippen MR) is 63.3 cm³/mol. The molecular weight excluding hydrogens is 238 g/mol. The molecule has 14 heavy (non-hydrogen) atoms. The Morgan fingerprint density at radius 1 is 1.29 bits per heavy atom. The molecule has 1 atom stereocenters. The first-order chi connectivity index (χ1) is 6.57. The number of rotatable bonds is 1. The van der Waals surface area contributed by atoms with E-state index < -0.39 is 0 Å². The zero-order valence-electron chi connectivity index (χ0n) is 8.68. The van der Waals surface area contributed by atoms with Gasteiger partial charge in [0.25, 0.3) is 0 Å². The molecule has 0 radical (unpaired) electrons. The number of hydrogen-bond acceptors (Lipinski definition) is 1. The molecule has 0 amide bonds. The standard InChI is InChI=1S/C12H16BrN/c1-12(2)8-7-11(14-12)9-3-5-10(13)6-4-9/h3-6,11,14H,7-8H2,1-2H3/t11-/m1/s1. The van der Waals surface area contributed by atoms with Crippen molar-refractivity contribution in [3.05, 3.63) is 34.3 Å². The van der Waals surface area contributed by atoms with Gasteiger partial charge in [-0.3, -0.25) is 0 Å². The summed E-state index contributed by atoms with van der Waals surface area (Å²) in [5.41, 5.74) is 1.70. The van der Waals surface area contributed by atoms with E-state index in [1.807, 2.05) is 0 Å². The molecule has 1 aliphatic heterocycles. The lowest BCUT2D eigenvalue weighted by Crippen LogP contribution is -2.33. The Morgan fingerprint density at radius 2 is 1.93 bits per heavy atom. The molecule has 1 saturated heterocycles. The minimum atomic E-state index is 0.303. The van der Waals surface area contributed by atoms with Gasteiger partial charge in [-0.1, -0.05) is 28.1 Å². The smallest absolute Gasteiger partial charge is 0.0325 e. The molecule has 0 aliphatic carbocycles. The molecule has 0 unspecified atom stereocenters. The number of hydrogen-bond donors (Lipinski definition) is 1. The highest BCUT2D eigenvalue weighted by atomic mass is 79.9. The van der Waals surface area contributed by atoms with Crippen LogP contribution in [0.3, 0.4) is 0 Å². The highest BCUT2D eigenvalue weighted by molar-refractivity contribution is 9.10. The third-order valence-electron chi connectivity index (χ3n) is 2.90. The molecule has 1 aromatic rings. The summed E-state index contributed by atoms with van der Waals surface area (Å²) in [6, 6.07) is 9.16. The molecular formula is C12H16BrN. The minimum Gasteiger partial charge on any atom is -0.305 e. The summed E-state index contributed by atoms with van der Waals surface area (Å²) in [5, 5.41) is 3.65. The van der Waals surface area contributed by atoms with E-state index in [4.69, 9.17) is 0 Å². The quantitative estimate of drug-likeness (QED) is 0.806. The van der Waals surface area contributed by atoms with E-state index in [1.165, 1.54) is 18.4 Å². The van der Waals surface area contributed by atoms with Crippen LogP contribution in [0.5, 0.6) is 0 Å². The molecule has 1 fully saturated rings. The summed E-state index contributed by atoms with van der Waals surface area (Å²) in [7, 11) is 0. The third-order valence-corrected chi connectivity index (χ3v) is 3.42. The van der Waals surface area contributed by atoms with Gasteiger partial charge < -0.3 is 5.32 Å². The SMILES string of the molecule is CC1(C)CC[C@H](c2ccc(Br)cc2)N1. The molecule has 0 spiro atoms. The van der Waals surface area contributed by atoms with Gasteiger partial charge in [0.2, 0.25) is 0 Å². The Labute approximate surface area is 94.0 Å². The third kappa shape index (κ3) is 2.18. The summed E-state index contributed by atoms with van der Waals surface area (Å²) < 4.78 is 1.15. The fourth-order valence-corrected chi connectivity index (χ4v) is 2.33. The van der Waals surface area contributed by atoms with E-state index in [2.05, 4.69) is 59.4 Å². The molecule has 1 aromatic carbocycles. The van der Waals surface area contributed by atoms with Crippen molar-refractivity contribution in [3.63, 3.8) is 0 Å². The van der Waals surface area contributed by atoms with Crippen LogP contribution < -0.4 is 5.32 Å². The lowest BCUT2D eigenvalue weighted by molar-refractivity contribution is 0.433. The van der Waals surface area contributed by atoms with Crippen molar-refractivity contribution < 1.29 is 0 Å². The Bertz CT molecular complexity index is 316. The fraction of sp³-hybridized carbons (Fsp3) is 0.500. The van der Waals surface area contributed by atoms with Crippen LogP contribution in [0.25, 0.3) is 0 Å². The molecule has 2 rings (SSSR count). The highest BCUT2D eigenvalue weighted by Gasteiger charge is 2.30. The molecule has 2 heteroatoms. The van der Waals surface area contributed by atoms with Gasteiger partial charge in [0, 0.05) is 16.1 Å². The Kier molecular flexibility index (Phi) is 2.67. The summed E-state index contributed by atoms with van der Waals surface area (Å²) in [4.78, 5) is 0. The molecule has 0 saturated carbocycles. The first-order valence-electron chi connectivity index (χ1n) is 5.10. The molecule has 1 heterocycles. The van der Waals surface area contributed by atoms with E-state index in [1.54, 1.807) is 0 Å². The van der Waals surface area contributed by atoms with Gasteiger partial charge in [0.05, 0.1) is 0 Å². The summed E-state index contributed by atoms with van der Waals surface area (Å²) >= 11 is 3.46. The van der Waals surface area contributed by atoms with Gasteiger partial charge in [-0.2, -0.15) is 0 Å². The Hall–Kier alpha value is -0.340. The number of nitrogens with one attached hydrogen (secondary N) is 1. The van der Waals surface area contributed by atoms with Crippen molar-refractivity contribution in [3.8, 4) is 0 Å². The van der Waals surface area contributed by atoms with Gasteiger partial charge in [0.15, 0.2) is 0 Å². The molecule has 0 bridgehead atoms. The average Bonchev–Trinajstić information content (AvgIpc) is 2.47. The van der Waals surface area contributed by atoms with E-state index in [0.717, 1.165) is 4.47 Å². The second kappa shape index (κ2) is 3.67. The fourth-order valence-electron chi connectivity index (χ4n) is 2.07. The van der Waals surface area contributed by atoms with Crippen molar-refractivity contribution in [2.24, 2.45) is 0 Å². The monoisotopic (exact) mass is 253 g/mol. The first-order valence-corrected chi connectivity index (χ1v) is 5.89. The van der Waals surface area contributed by atoms with E-state index in [0.29, 0.717) is 11.6 Å². The van der Waals surface area contributed by atoms with Gasteiger partial charge in [0.1, 0.15) is 0 Å². The Morgan fingerprint density at radius 3 is 2.43 bits per heavy atom. The van der Waals surface area contributed by atoms with E-state index >= 15 is 0 Å². The summed E-state index contributed by atoms with van der Waals surface area (Å²) in [5.74, 6) is 0. The predicted octanol–water partition coefficient (Wildman–Crippen LogP) is 3.65. The summed E-state index contributed by atoms with van der Waals surface area (Å²) in [6.07, 6.45) is 2.50. The van der Waals surface area contributed by atoms with Crippen molar-refractivity contribution in [2.45, 2.75) is 38.3 Å². The Balaban J connectivity index is 2.14. The summed E-state index contributed by atoms with van der Waals surface area (Å²) in [6.45, 7) is 4.54. The van der Waals surface area contributed by atoms with Crippen LogP contribution in [0.15, 0.2) is 28.7 Å². The van der Waals surface area contributed by atoms with E-state index in [-0.39, 0.29) is 0 Å². The lowest BCUT2D eigenvalue weighted by Gasteiger charge is -2.20. The molecule has 76 valence electrons. The highest BCUT2D eigenvalue weighted by Crippen LogP contribution is 2.32. The normalized spacial score (nSPS) is 25.2. The van der Waals surface area contributed by atoms with Gasteiger partial charge >= 0.3 is 0 Å². The van der Waals surface area contributed by atoms with Crippen LogP contribution in [0.2, 0.25) is 0 Å². The minimum absolute atomic E-state index is 0.303. The largest absolute Gasteiger partial charge is 0.305 e. The van der Waals surface area contributed by atoms with Crippen LogP contribution in [-0.2, 0) is 0 Å². The number of halogens is 1. The van der Waals surface area contributed by atoms with Gasteiger partial charge in [-0.05, 0) is 44.4 Å². The first kappa shape index (κ1) is 10.2. The molecule has 1 aliphatic rings. The van der Waals surface area contributed by atoms with Crippen LogP contribution in [0.1, 0.15) is 38.3 Å². The van der Waals surface area contributed by atoms with Crippen molar-refractivity contribution in [2.75, 3.05) is 0 Å². The van der Waals surface area contributed by atoms with Crippen molar-refractivity contribution in [1.29, 1.82) is 0 Å². The van der Waals surface area contributed by atoms with Crippen LogP contribution >= 0.6 is 15.9 Å². The van der Waals surface area contributed by atoms with Gasteiger partial charge in [-0.15, -0.1) is 0 Å². The zero-order chi connectivity index (χ0) is 10.2. The second-order valence-corrected chi connectivity index (χ2v) is 5.59. The average molecular weight is 254 g/mol. The van der Waals surface area contributed by atoms with Crippen LogP contribution in [-0.4, -0.2) is 5.54 Å². The van der Waals surface area contributed by atoms with Crippen LogP contribution in [0.4, 0.5) is 0 Å². The second-order valence-electron chi connectivity index (χ2n) is 4.67. The number of benzene rings is 1.